The monoisotopic (exact) mass is 332 g/mol. The topological polar surface area (TPSA) is 94.5 Å². The van der Waals surface area contributed by atoms with Gasteiger partial charge in [0.1, 0.15) is 5.76 Å². The van der Waals surface area contributed by atoms with Crippen molar-refractivity contribution in [1.29, 1.82) is 0 Å². The quantitative estimate of drug-likeness (QED) is 0.826. The Hall–Kier alpha value is -2.22. The highest BCUT2D eigenvalue weighted by atomic mass is 16.5. The number of carbonyl (C=O) groups is 1. The van der Waals surface area contributed by atoms with E-state index in [-0.39, 0.29) is 23.8 Å². The van der Waals surface area contributed by atoms with E-state index in [1.54, 1.807) is 19.9 Å². The zero-order valence-corrected chi connectivity index (χ0v) is 13.8. The number of carbonyl (C=O) groups excluding carboxylic acids is 1. The molecule has 4 heterocycles. The third-order valence-corrected chi connectivity index (χ3v) is 4.86. The van der Waals surface area contributed by atoms with Gasteiger partial charge in [0.25, 0.3) is 5.91 Å². The summed E-state index contributed by atoms with van der Waals surface area (Å²) >= 11 is 0. The minimum atomic E-state index is -0.101. The maximum Gasteiger partial charge on any atom is 0.276 e. The fraction of sp³-hybridized carbons (Fsp3) is 0.625. The summed E-state index contributed by atoms with van der Waals surface area (Å²) in [5.74, 6) is 2.03. The molecule has 24 heavy (non-hydrogen) atoms. The summed E-state index contributed by atoms with van der Waals surface area (Å²) in [6.45, 7) is 5.50. The lowest BCUT2D eigenvalue weighted by Crippen LogP contribution is -2.51. The van der Waals surface area contributed by atoms with Gasteiger partial charge in [-0.3, -0.25) is 4.79 Å². The summed E-state index contributed by atoms with van der Waals surface area (Å²) in [6.07, 6.45) is 1.75. The zero-order chi connectivity index (χ0) is 16.7. The van der Waals surface area contributed by atoms with Crippen LogP contribution in [0.3, 0.4) is 0 Å². The number of likely N-dealkylation sites (tertiary alicyclic amines) is 1. The fourth-order valence-corrected chi connectivity index (χ4v) is 3.70. The molecule has 0 saturated carbocycles. The summed E-state index contributed by atoms with van der Waals surface area (Å²) < 4.78 is 16.6. The Labute approximate surface area is 139 Å². The minimum Gasteiger partial charge on any atom is -0.425 e. The molecule has 0 aromatic carbocycles. The molecule has 2 fully saturated rings. The van der Waals surface area contributed by atoms with Gasteiger partial charge in [0.2, 0.25) is 11.8 Å². The smallest absolute Gasteiger partial charge is 0.276 e. The molecule has 1 amide bonds. The van der Waals surface area contributed by atoms with Crippen LogP contribution in [-0.2, 0) is 4.74 Å². The lowest BCUT2D eigenvalue weighted by atomic mass is 9.79. The first-order chi connectivity index (χ1) is 11.6. The van der Waals surface area contributed by atoms with Crippen LogP contribution in [0.5, 0.6) is 0 Å². The molecule has 2 aliphatic heterocycles. The number of amides is 1. The molecule has 128 valence electrons. The van der Waals surface area contributed by atoms with Crippen LogP contribution in [0.15, 0.2) is 15.0 Å². The van der Waals surface area contributed by atoms with Crippen LogP contribution in [-0.4, -0.2) is 52.0 Å². The molecule has 0 aliphatic carbocycles. The number of nitrogens with zero attached hydrogens (tertiary/aromatic N) is 4. The molecule has 2 aromatic rings. The molecule has 0 bridgehead atoms. The van der Waals surface area contributed by atoms with Crippen LogP contribution in [0.1, 0.15) is 46.8 Å². The number of piperidine rings is 1. The molecule has 8 nitrogen and oxygen atoms in total. The summed E-state index contributed by atoms with van der Waals surface area (Å²) in [4.78, 5) is 14.5. The minimum absolute atomic E-state index is 0.101. The Morgan fingerprint density at radius 3 is 2.88 bits per heavy atom. The van der Waals surface area contributed by atoms with E-state index in [4.69, 9.17) is 13.7 Å². The molecule has 0 radical (unpaired) electrons. The van der Waals surface area contributed by atoms with Gasteiger partial charge < -0.3 is 18.6 Å². The lowest BCUT2D eigenvalue weighted by molar-refractivity contribution is -0.0752. The van der Waals surface area contributed by atoms with Crippen LogP contribution >= 0.6 is 0 Å². The van der Waals surface area contributed by atoms with Gasteiger partial charge in [-0.05, 0) is 19.8 Å². The molecule has 2 aromatic heterocycles. The number of aromatic nitrogens is 3. The van der Waals surface area contributed by atoms with Gasteiger partial charge in [0.05, 0.1) is 6.10 Å². The normalized spacial score (nSPS) is 27.1. The first-order valence-corrected chi connectivity index (χ1v) is 8.26. The average Bonchev–Trinajstić information content (AvgIpc) is 3.21. The van der Waals surface area contributed by atoms with E-state index >= 15 is 0 Å². The second-order valence-electron chi connectivity index (χ2n) is 6.49. The van der Waals surface area contributed by atoms with Crippen molar-refractivity contribution >= 4 is 5.91 Å². The Bertz CT molecular complexity index is 740. The molecule has 0 unspecified atom stereocenters. The molecule has 0 spiro atoms. The second-order valence-corrected chi connectivity index (χ2v) is 6.49. The van der Waals surface area contributed by atoms with E-state index in [0.717, 1.165) is 12.8 Å². The molecular weight excluding hydrogens is 312 g/mol. The van der Waals surface area contributed by atoms with Gasteiger partial charge in [0, 0.05) is 44.5 Å². The van der Waals surface area contributed by atoms with Crippen molar-refractivity contribution in [3.63, 3.8) is 0 Å². The highest BCUT2D eigenvalue weighted by Gasteiger charge is 2.42. The van der Waals surface area contributed by atoms with Gasteiger partial charge in [-0.2, -0.15) is 0 Å². The Morgan fingerprint density at radius 2 is 2.17 bits per heavy atom. The van der Waals surface area contributed by atoms with Crippen molar-refractivity contribution in [2.75, 3.05) is 19.7 Å². The molecular formula is C16H20N4O4. The summed E-state index contributed by atoms with van der Waals surface area (Å²) in [5, 5.41) is 12.0. The predicted molar refractivity (Wildman–Crippen MR) is 81.4 cm³/mol. The standard InChI is InChI=1S/C16H20N4O4/c1-9-7-13(19-24-9)16(21)20-5-3-14-12(8-20)11(4-6-22-14)15-18-17-10(2)23-15/h7,11-12,14H,3-6,8H2,1-2H3/t11-,12-,14-/m1/s1. The molecule has 4 rings (SSSR count). The van der Waals surface area contributed by atoms with Gasteiger partial charge in [0.15, 0.2) is 5.69 Å². The third kappa shape index (κ3) is 2.71. The van der Waals surface area contributed by atoms with Crippen molar-refractivity contribution in [3.8, 4) is 0 Å². The average molecular weight is 332 g/mol. The highest BCUT2D eigenvalue weighted by molar-refractivity contribution is 5.92. The first kappa shape index (κ1) is 15.3. The van der Waals surface area contributed by atoms with Crippen molar-refractivity contribution < 1.29 is 18.5 Å². The Morgan fingerprint density at radius 1 is 1.29 bits per heavy atom. The largest absolute Gasteiger partial charge is 0.425 e. The van der Waals surface area contributed by atoms with E-state index in [1.807, 2.05) is 4.90 Å². The number of ether oxygens (including phenoxy) is 1. The number of hydrogen-bond acceptors (Lipinski definition) is 7. The van der Waals surface area contributed by atoms with Crippen LogP contribution in [0.4, 0.5) is 0 Å². The number of aryl methyl sites for hydroxylation is 2. The molecule has 0 N–H and O–H groups in total. The van der Waals surface area contributed by atoms with E-state index in [0.29, 0.717) is 42.9 Å². The van der Waals surface area contributed by atoms with Gasteiger partial charge in [-0.25, -0.2) is 0 Å². The Kier molecular flexibility index (Phi) is 3.84. The maximum atomic E-state index is 12.6. The second kappa shape index (κ2) is 6.01. The summed E-state index contributed by atoms with van der Waals surface area (Å²) in [5.41, 5.74) is 0.355. The van der Waals surface area contributed by atoms with Crippen molar-refractivity contribution in [2.24, 2.45) is 5.92 Å². The number of fused-ring (bicyclic) bond motifs is 1. The van der Waals surface area contributed by atoms with Crippen molar-refractivity contribution in [2.45, 2.75) is 38.7 Å². The highest BCUT2D eigenvalue weighted by Crippen LogP contribution is 2.39. The SMILES string of the molecule is Cc1cc(C(=O)N2CC[C@H]3OCC[C@@H](c4nnc(C)o4)[C@H]3C2)no1. The van der Waals surface area contributed by atoms with E-state index in [1.165, 1.54) is 0 Å². The molecule has 2 aliphatic rings. The third-order valence-electron chi connectivity index (χ3n) is 4.86. The van der Waals surface area contributed by atoms with Crippen molar-refractivity contribution in [1.82, 2.24) is 20.3 Å². The van der Waals surface area contributed by atoms with Crippen LogP contribution in [0.25, 0.3) is 0 Å². The number of rotatable bonds is 2. The van der Waals surface area contributed by atoms with Crippen LogP contribution in [0, 0.1) is 19.8 Å². The lowest BCUT2D eigenvalue weighted by Gasteiger charge is -2.43. The number of hydrogen-bond donors (Lipinski definition) is 0. The fourth-order valence-electron chi connectivity index (χ4n) is 3.70. The predicted octanol–water partition coefficient (Wildman–Crippen LogP) is 1.71. The van der Waals surface area contributed by atoms with Crippen LogP contribution < -0.4 is 0 Å². The van der Waals surface area contributed by atoms with E-state index in [2.05, 4.69) is 15.4 Å². The van der Waals surface area contributed by atoms with Gasteiger partial charge in [-0.1, -0.05) is 5.16 Å². The van der Waals surface area contributed by atoms with Crippen molar-refractivity contribution in [3.05, 3.63) is 29.3 Å². The molecule has 8 heteroatoms. The van der Waals surface area contributed by atoms with E-state index in [9.17, 15) is 4.79 Å². The summed E-state index contributed by atoms with van der Waals surface area (Å²) in [7, 11) is 0. The molecule has 3 atom stereocenters. The maximum absolute atomic E-state index is 12.6. The zero-order valence-electron chi connectivity index (χ0n) is 13.8. The summed E-state index contributed by atoms with van der Waals surface area (Å²) in [6, 6.07) is 1.67. The molecule has 2 saturated heterocycles. The van der Waals surface area contributed by atoms with Crippen LogP contribution in [0.2, 0.25) is 0 Å². The van der Waals surface area contributed by atoms with E-state index < -0.39 is 0 Å². The van der Waals surface area contributed by atoms with Gasteiger partial charge in [-0.15, -0.1) is 10.2 Å². The van der Waals surface area contributed by atoms with Gasteiger partial charge >= 0.3 is 0 Å². The Balaban J connectivity index is 1.54. The first-order valence-electron chi connectivity index (χ1n) is 8.26.